The summed E-state index contributed by atoms with van der Waals surface area (Å²) in [5, 5.41) is 5.11. The van der Waals surface area contributed by atoms with E-state index in [-0.39, 0.29) is 5.82 Å². The number of methoxy groups -OCH3 is 1. The van der Waals surface area contributed by atoms with Crippen molar-refractivity contribution >= 4 is 17.5 Å². The number of carbonyl (C=O) groups is 1. The molecule has 2 N–H and O–H groups in total. The number of para-hydroxylation sites is 3. The minimum atomic E-state index is -0.548. The molecule has 7 heteroatoms. The molecule has 0 fully saturated rings. The second-order valence-electron chi connectivity index (χ2n) is 5.07. The van der Waals surface area contributed by atoms with Gasteiger partial charge in [-0.3, -0.25) is 14.7 Å². The molecule has 0 saturated heterocycles. The van der Waals surface area contributed by atoms with E-state index in [1.54, 1.807) is 48.5 Å². The molecule has 2 amide bonds. The first-order valence-corrected chi connectivity index (χ1v) is 7.53. The van der Waals surface area contributed by atoms with Crippen LogP contribution in [0.4, 0.5) is 16.3 Å². The van der Waals surface area contributed by atoms with E-state index in [9.17, 15) is 9.59 Å². The predicted octanol–water partition coefficient (Wildman–Crippen LogP) is 2.89. The highest BCUT2D eigenvalue weighted by atomic mass is 16.5. The molecular formula is C18H16N4O3. The Kier molecular flexibility index (Phi) is 4.75. The molecule has 0 saturated carbocycles. The molecule has 0 atom stereocenters. The van der Waals surface area contributed by atoms with Crippen LogP contribution in [-0.2, 0) is 0 Å². The highest BCUT2D eigenvalue weighted by Crippen LogP contribution is 2.20. The van der Waals surface area contributed by atoms with Gasteiger partial charge in [0.25, 0.3) is 5.56 Å². The summed E-state index contributed by atoms with van der Waals surface area (Å²) < 4.78 is 6.64. The van der Waals surface area contributed by atoms with E-state index in [0.717, 1.165) is 0 Å². The fourth-order valence-electron chi connectivity index (χ4n) is 2.31. The van der Waals surface area contributed by atoms with Crippen LogP contribution >= 0.6 is 0 Å². The van der Waals surface area contributed by atoms with E-state index >= 15 is 0 Å². The van der Waals surface area contributed by atoms with Gasteiger partial charge in [0, 0.05) is 18.1 Å². The molecule has 7 nitrogen and oxygen atoms in total. The first-order valence-electron chi connectivity index (χ1n) is 7.53. The van der Waals surface area contributed by atoms with Gasteiger partial charge in [0.05, 0.1) is 12.8 Å². The quantitative estimate of drug-likeness (QED) is 0.767. The van der Waals surface area contributed by atoms with E-state index in [0.29, 0.717) is 17.1 Å². The summed E-state index contributed by atoms with van der Waals surface area (Å²) in [7, 11) is 1.53. The molecule has 126 valence electrons. The molecule has 2 aromatic carbocycles. The summed E-state index contributed by atoms with van der Waals surface area (Å²) in [6.45, 7) is 0. The molecule has 3 rings (SSSR count). The lowest BCUT2D eigenvalue weighted by Crippen LogP contribution is -2.28. The number of carbonyl (C=O) groups excluding carboxylic acids is 1. The van der Waals surface area contributed by atoms with Crippen molar-refractivity contribution in [1.29, 1.82) is 0 Å². The second kappa shape index (κ2) is 7.31. The molecule has 25 heavy (non-hydrogen) atoms. The number of nitrogens with one attached hydrogen (secondary N) is 2. The van der Waals surface area contributed by atoms with Gasteiger partial charge in [-0.25, -0.2) is 9.78 Å². The van der Waals surface area contributed by atoms with Crippen LogP contribution in [0.3, 0.4) is 0 Å². The van der Waals surface area contributed by atoms with Crippen molar-refractivity contribution in [2.45, 2.75) is 0 Å². The number of rotatable bonds is 4. The molecule has 0 spiro atoms. The van der Waals surface area contributed by atoms with Crippen molar-refractivity contribution in [2.75, 3.05) is 17.7 Å². The average Bonchev–Trinajstić information content (AvgIpc) is 2.64. The number of amides is 2. The van der Waals surface area contributed by atoms with Crippen molar-refractivity contribution in [2.24, 2.45) is 0 Å². The van der Waals surface area contributed by atoms with Crippen LogP contribution in [0.5, 0.6) is 5.75 Å². The van der Waals surface area contributed by atoms with Crippen LogP contribution < -0.4 is 20.9 Å². The Hall–Kier alpha value is -3.61. The van der Waals surface area contributed by atoms with E-state index in [4.69, 9.17) is 4.74 Å². The summed E-state index contributed by atoms with van der Waals surface area (Å²) in [4.78, 5) is 28.7. The number of nitrogens with zero attached hydrogens (tertiary/aromatic N) is 2. The first kappa shape index (κ1) is 16.3. The Balaban J connectivity index is 1.87. The average molecular weight is 336 g/mol. The summed E-state index contributed by atoms with van der Waals surface area (Å²) in [5.74, 6) is 0.456. The van der Waals surface area contributed by atoms with Crippen molar-refractivity contribution in [3.8, 4) is 11.4 Å². The molecule has 0 aliphatic rings. The van der Waals surface area contributed by atoms with Gasteiger partial charge in [-0.15, -0.1) is 0 Å². The van der Waals surface area contributed by atoms with Gasteiger partial charge < -0.3 is 10.1 Å². The number of urea groups is 1. The third-order valence-corrected chi connectivity index (χ3v) is 3.45. The summed E-state index contributed by atoms with van der Waals surface area (Å²) in [6.07, 6.45) is 2.95. The van der Waals surface area contributed by atoms with Crippen molar-refractivity contribution in [3.63, 3.8) is 0 Å². The van der Waals surface area contributed by atoms with E-state index in [1.807, 2.05) is 6.07 Å². The standard InChI is InChI=1S/C18H16N4O3/c1-25-15-10-6-5-9-14(15)22-12-11-19-16(17(22)23)21-18(24)20-13-7-3-2-4-8-13/h2-12H,1H3,(H2,19,20,21,24). The third kappa shape index (κ3) is 3.66. The lowest BCUT2D eigenvalue weighted by molar-refractivity contribution is 0.262. The van der Waals surface area contributed by atoms with Gasteiger partial charge in [0.1, 0.15) is 5.75 Å². The Morgan fingerprint density at radius 2 is 1.76 bits per heavy atom. The van der Waals surface area contributed by atoms with E-state index in [2.05, 4.69) is 15.6 Å². The van der Waals surface area contributed by atoms with Crippen LogP contribution in [-0.4, -0.2) is 22.7 Å². The van der Waals surface area contributed by atoms with Crippen LogP contribution in [0.1, 0.15) is 0 Å². The van der Waals surface area contributed by atoms with Crippen molar-refractivity contribution < 1.29 is 9.53 Å². The fraction of sp³-hybridized carbons (Fsp3) is 0.0556. The number of ether oxygens (including phenoxy) is 1. The SMILES string of the molecule is COc1ccccc1-n1ccnc(NC(=O)Nc2ccccc2)c1=O. The number of aromatic nitrogens is 2. The largest absolute Gasteiger partial charge is 0.495 e. The molecule has 0 radical (unpaired) electrons. The zero-order valence-corrected chi connectivity index (χ0v) is 13.5. The number of hydrogen-bond donors (Lipinski definition) is 2. The molecule has 1 aromatic heterocycles. The summed E-state index contributed by atoms with van der Waals surface area (Å²) in [5.41, 5.74) is 0.708. The van der Waals surface area contributed by atoms with Gasteiger partial charge in [-0.1, -0.05) is 30.3 Å². The molecule has 3 aromatic rings. The smallest absolute Gasteiger partial charge is 0.325 e. The summed E-state index contributed by atoms with van der Waals surface area (Å²) >= 11 is 0. The van der Waals surface area contributed by atoms with Gasteiger partial charge in [-0.05, 0) is 24.3 Å². The Bertz CT molecular complexity index is 938. The molecule has 1 heterocycles. The number of benzene rings is 2. The van der Waals surface area contributed by atoms with Crippen molar-refractivity contribution in [3.05, 3.63) is 77.3 Å². The minimum absolute atomic E-state index is 0.0816. The minimum Gasteiger partial charge on any atom is -0.495 e. The maximum absolute atomic E-state index is 12.6. The Labute approximate surface area is 143 Å². The van der Waals surface area contributed by atoms with E-state index < -0.39 is 11.6 Å². The molecular weight excluding hydrogens is 320 g/mol. The second-order valence-corrected chi connectivity index (χ2v) is 5.07. The van der Waals surface area contributed by atoms with Gasteiger partial charge >= 0.3 is 6.03 Å². The molecule has 0 aliphatic carbocycles. The Morgan fingerprint density at radius 1 is 1.04 bits per heavy atom. The predicted molar refractivity (Wildman–Crippen MR) is 95.5 cm³/mol. The highest BCUT2D eigenvalue weighted by Gasteiger charge is 2.12. The van der Waals surface area contributed by atoms with Crippen LogP contribution in [0.25, 0.3) is 5.69 Å². The van der Waals surface area contributed by atoms with Gasteiger partial charge in [-0.2, -0.15) is 0 Å². The topological polar surface area (TPSA) is 85.2 Å². The van der Waals surface area contributed by atoms with Gasteiger partial charge in [0.15, 0.2) is 0 Å². The lowest BCUT2D eigenvalue weighted by Gasteiger charge is -2.12. The monoisotopic (exact) mass is 336 g/mol. The Morgan fingerprint density at radius 3 is 2.52 bits per heavy atom. The van der Waals surface area contributed by atoms with Crippen LogP contribution in [0.2, 0.25) is 0 Å². The first-order chi connectivity index (χ1) is 12.2. The number of hydrogen-bond acceptors (Lipinski definition) is 4. The number of anilines is 2. The maximum Gasteiger partial charge on any atom is 0.325 e. The van der Waals surface area contributed by atoms with Crippen LogP contribution in [0, 0.1) is 0 Å². The summed E-state index contributed by atoms with van der Waals surface area (Å²) in [6, 6.07) is 15.5. The molecule has 0 unspecified atom stereocenters. The third-order valence-electron chi connectivity index (χ3n) is 3.45. The zero-order valence-electron chi connectivity index (χ0n) is 13.5. The normalized spacial score (nSPS) is 10.1. The maximum atomic E-state index is 12.6. The molecule has 0 bridgehead atoms. The zero-order chi connectivity index (χ0) is 17.6. The fourth-order valence-corrected chi connectivity index (χ4v) is 2.31. The van der Waals surface area contributed by atoms with Gasteiger partial charge in [0.2, 0.25) is 5.82 Å². The highest BCUT2D eigenvalue weighted by molar-refractivity contribution is 5.99. The van der Waals surface area contributed by atoms with Crippen molar-refractivity contribution in [1.82, 2.24) is 9.55 Å². The van der Waals surface area contributed by atoms with Crippen LogP contribution in [0.15, 0.2) is 71.8 Å². The lowest BCUT2D eigenvalue weighted by atomic mass is 10.3. The van der Waals surface area contributed by atoms with E-state index in [1.165, 1.54) is 24.1 Å². The molecule has 0 aliphatic heterocycles.